The summed E-state index contributed by atoms with van der Waals surface area (Å²) in [5.41, 5.74) is 7.80. The summed E-state index contributed by atoms with van der Waals surface area (Å²) < 4.78 is 5.58. The van der Waals surface area contributed by atoms with Gasteiger partial charge in [-0.15, -0.1) is 0 Å². The van der Waals surface area contributed by atoms with Gasteiger partial charge >= 0.3 is 0 Å². The van der Waals surface area contributed by atoms with E-state index in [2.05, 4.69) is 39.8 Å². The Hall–Kier alpha value is -1.51. The standard InChI is InChI=1S/C14H22N2O/c1-5-10-6-7-12(17-9-13(15)16)11(8-10)14(2,3)4/h6-8H,5,9H2,1-4H3,(H3,15,16). The number of benzene rings is 1. The number of aryl methyl sites for hydroxylation is 1. The van der Waals surface area contributed by atoms with E-state index in [-0.39, 0.29) is 17.9 Å². The topological polar surface area (TPSA) is 59.1 Å². The van der Waals surface area contributed by atoms with Crippen LogP contribution in [0.1, 0.15) is 38.8 Å². The number of amidine groups is 1. The summed E-state index contributed by atoms with van der Waals surface area (Å²) in [5, 5.41) is 7.20. The minimum atomic E-state index is 0.0251. The van der Waals surface area contributed by atoms with Crippen LogP contribution in [0, 0.1) is 5.41 Å². The molecule has 0 atom stereocenters. The lowest BCUT2D eigenvalue weighted by atomic mass is 9.85. The number of hydrogen-bond acceptors (Lipinski definition) is 2. The van der Waals surface area contributed by atoms with Gasteiger partial charge in [0.1, 0.15) is 18.2 Å². The molecule has 3 N–H and O–H groups in total. The second-order valence-electron chi connectivity index (χ2n) is 5.25. The van der Waals surface area contributed by atoms with Crippen molar-refractivity contribution < 1.29 is 4.74 Å². The fraction of sp³-hybridized carbons (Fsp3) is 0.500. The Kier molecular flexibility index (Phi) is 4.16. The molecule has 0 radical (unpaired) electrons. The van der Waals surface area contributed by atoms with Crippen LogP contribution in [-0.2, 0) is 11.8 Å². The Morgan fingerprint density at radius 2 is 2.00 bits per heavy atom. The predicted molar refractivity (Wildman–Crippen MR) is 71.9 cm³/mol. The molecule has 0 bridgehead atoms. The maximum absolute atomic E-state index is 7.20. The van der Waals surface area contributed by atoms with E-state index in [9.17, 15) is 0 Å². The van der Waals surface area contributed by atoms with Crippen molar-refractivity contribution >= 4 is 5.84 Å². The molecule has 94 valence electrons. The molecule has 1 aromatic rings. The predicted octanol–water partition coefficient (Wildman–Crippen LogP) is 2.86. The molecule has 0 aliphatic rings. The molecule has 0 aliphatic heterocycles. The molecular weight excluding hydrogens is 212 g/mol. The first kappa shape index (κ1) is 13.6. The van der Waals surface area contributed by atoms with Crippen LogP contribution in [0.2, 0.25) is 0 Å². The van der Waals surface area contributed by atoms with Gasteiger partial charge in [-0.25, -0.2) is 0 Å². The van der Waals surface area contributed by atoms with E-state index in [0.29, 0.717) is 0 Å². The summed E-state index contributed by atoms with van der Waals surface area (Å²) in [5.74, 6) is 0.870. The second-order valence-corrected chi connectivity index (χ2v) is 5.25. The zero-order chi connectivity index (χ0) is 13.1. The maximum Gasteiger partial charge on any atom is 0.145 e. The Bertz CT molecular complexity index is 405. The molecule has 3 heteroatoms. The van der Waals surface area contributed by atoms with Crippen LogP contribution < -0.4 is 10.5 Å². The maximum atomic E-state index is 7.20. The van der Waals surface area contributed by atoms with E-state index in [4.69, 9.17) is 15.9 Å². The van der Waals surface area contributed by atoms with Gasteiger partial charge in [0.2, 0.25) is 0 Å². The normalized spacial score (nSPS) is 11.3. The van der Waals surface area contributed by atoms with Crippen LogP contribution in [0.15, 0.2) is 18.2 Å². The molecule has 0 heterocycles. The first-order valence-electron chi connectivity index (χ1n) is 5.93. The molecule has 3 nitrogen and oxygen atoms in total. The third-order valence-electron chi connectivity index (χ3n) is 2.64. The molecular formula is C14H22N2O. The lowest BCUT2D eigenvalue weighted by Crippen LogP contribution is -2.21. The van der Waals surface area contributed by atoms with E-state index in [1.165, 1.54) is 5.56 Å². The van der Waals surface area contributed by atoms with Crippen molar-refractivity contribution in [2.24, 2.45) is 5.73 Å². The number of rotatable bonds is 4. The van der Waals surface area contributed by atoms with E-state index < -0.39 is 0 Å². The van der Waals surface area contributed by atoms with Crippen molar-refractivity contribution in [1.29, 1.82) is 5.41 Å². The highest BCUT2D eigenvalue weighted by molar-refractivity contribution is 5.78. The Labute approximate surface area is 103 Å². The molecule has 0 amide bonds. The first-order chi connectivity index (χ1) is 7.84. The quantitative estimate of drug-likeness (QED) is 0.621. The molecule has 1 aromatic carbocycles. The van der Waals surface area contributed by atoms with Gasteiger partial charge in [0.25, 0.3) is 0 Å². The van der Waals surface area contributed by atoms with Crippen LogP contribution in [0.4, 0.5) is 0 Å². The molecule has 0 spiro atoms. The van der Waals surface area contributed by atoms with Crippen LogP contribution in [0.25, 0.3) is 0 Å². The first-order valence-corrected chi connectivity index (χ1v) is 5.93. The van der Waals surface area contributed by atoms with Gasteiger partial charge in [0.15, 0.2) is 0 Å². The molecule has 0 saturated carbocycles. The summed E-state index contributed by atoms with van der Waals surface area (Å²) >= 11 is 0. The van der Waals surface area contributed by atoms with E-state index in [1.54, 1.807) is 0 Å². The van der Waals surface area contributed by atoms with Gasteiger partial charge in [-0.2, -0.15) is 0 Å². The fourth-order valence-corrected chi connectivity index (χ4v) is 1.66. The minimum absolute atomic E-state index is 0.0251. The van der Waals surface area contributed by atoms with E-state index in [0.717, 1.165) is 17.7 Å². The van der Waals surface area contributed by atoms with Crippen molar-refractivity contribution in [2.45, 2.75) is 39.5 Å². The van der Waals surface area contributed by atoms with Crippen molar-refractivity contribution in [3.63, 3.8) is 0 Å². The highest BCUT2D eigenvalue weighted by Gasteiger charge is 2.19. The largest absolute Gasteiger partial charge is 0.485 e. The van der Waals surface area contributed by atoms with Gasteiger partial charge < -0.3 is 10.5 Å². The highest BCUT2D eigenvalue weighted by atomic mass is 16.5. The Morgan fingerprint density at radius 1 is 1.35 bits per heavy atom. The average molecular weight is 234 g/mol. The van der Waals surface area contributed by atoms with Crippen molar-refractivity contribution in [1.82, 2.24) is 0 Å². The summed E-state index contributed by atoms with van der Waals surface area (Å²) in [6, 6.07) is 6.21. The van der Waals surface area contributed by atoms with Gasteiger partial charge in [0, 0.05) is 0 Å². The van der Waals surface area contributed by atoms with Crippen molar-refractivity contribution in [3.8, 4) is 5.75 Å². The molecule has 0 unspecified atom stereocenters. The zero-order valence-electron chi connectivity index (χ0n) is 11.1. The molecule has 0 fully saturated rings. The Balaban J connectivity index is 3.07. The number of ether oxygens (including phenoxy) is 1. The summed E-state index contributed by atoms with van der Waals surface area (Å²) in [6.07, 6.45) is 1.01. The van der Waals surface area contributed by atoms with Gasteiger partial charge in [-0.1, -0.05) is 39.8 Å². The number of nitrogens with two attached hydrogens (primary N) is 1. The lowest BCUT2D eigenvalue weighted by molar-refractivity contribution is 0.361. The molecule has 0 aromatic heterocycles. The summed E-state index contributed by atoms with van der Waals surface area (Å²) in [6.45, 7) is 8.75. The molecule has 17 heavy (non-hydrogen) atoms. The van der Waals surface area contributed by atoms with Crippen molar-refractivity contribution in [2.75, 3.05) is 6.61 Å². The third kappa shape index (κ3) is 3.77. The van der Waals surface area contributed by atoms with Crippen LogP contribution >= 0.6 is 0 Å². The van der Waals surface area contributed by atoms with Crippen LogP contribution in [0.5, 0.6) is 5.75 Å². The summed E-state index contributed by atoms with van der Waals surface area (Å²) in [4.78, 5) is 0. The molecule has 1 rings (SSSR count). The highest BCUT2D eigenvalue weighted by Crippen LogP contribution is 2.32. The van der Waals surface area contributed by atoms with E-state index in [1.807, 2.05) is 6.07 Å². The SMILES string of the molecule is CCc1ccc(OCC(=N)N)c(C(C)(C)C)c1. The Morgan fingerprint density at radius 3 is 2.47 bits per heavy atom. The van der Waals surface area contributed by atoms with Gasteiger partial charge in [0.05, 0.1) is 0 Å². The molecule has 0 saturated heterocycles. The van der Waals surface area contributed by atoms with Crippen LogP contribution in [-0.4, -0.2) is 12.4 Å². The zero-order valence-corrected chi connectivity index (χ0v) is 11.1. The monoisotopic (exact) mass is 234 g/mol. The van der Waals surface area contributed by atoms with Crippen LogP contribution in [0.3, 0.4) is 0 Å². The van der Waals surface area contributed by atoms with Gasteiger partial charge in [-0.05, 0) is 29.0 Å². The second kappa shape index (κ2) is 5.21. The van der Waals surface area contributed by atoms with E-state index >= 15 is 0 Å². The van der Waals surface area contributed by atoms with Gasteiger partial charge in [-0.3, -0.25) is 5.41 Å². The third-order valence-corrected chi connectivity index (χ3v) is 2.64. The summed E-state index contributed by atoms with van der Waals surface area (Å²) in [7, 11) is 0. The molecule has 0 aliphatic carbocycles. The average Bonchev–Trinajstić information content (AvgIpc) is 2.24. The smallest absolute Gasteiger partial charge is 0.145 e. The minimum Gasteiger partial charge on any atom is -0.485 e. The fourth-order valence-electron chi connectivity index (χ4n) is 1.66. The van der Waals surface area contributed by atoms with Crippen molar-refractivity contribution in [3.05, 3.63) is 29.3 Å². The number of hydrogen-bond donors (Lipinski definition) is 2. The number of nitrogens with one attached hydrogen (secondary N) is 1. The lowest BCUT2D eigenvalue weighted by Gasteiger charge is -2.23.